The SMILES string of the molecule is CC(C)CN1CC(C)(C)N(C)CC1CCN. The average molecular weight is 227 g/mol. The van der Waals surface area contributed by atoms with E-state index in [9.17, 15) is 0 Å². The van der Waals surface area contributed by atoms with Gasteiger partial charge in [-0.2, -0.15) is 0 Å². The summed E-state index contributed by atoms with van der Waals surface area (Å²) >= 11 is 0. The van der Waals surface area contributed by atoms with Crippen LogP contribution in [0.3, 0.4) is 0 Å². The zero-order chi connectivity index (χ0) is 12.3. The van der Waals surface area contributed by atoms with E-state index < -0.39 is 0 Å². The lowest BCUT2D eigenvalue weighted by Crippen LogP contribution is -2.62. The van der Waals surface area contributed by atoms with Gasteiger partial charge in [-0.15, -0.1) is 0 Å². The van der Waals surface area contributed by atoms with E-state index in [1.54, 1.807) is 0 Å². The lowest BCUT2D eigenvalue weighted by atomic mass is 9.94. The number of nitrogens with two attached hydrogens (primary N) is 1. The first-order valence-corrected chi connectivity index (χ1v) is 6.52. The molecular formula is C13H29N3. The smallest absolute Gasteiger partial charge is 0.0277 e. The Labute approximate surface area is 101 Å². The van der Waals surface area contributed by atoms with Gasteiger partial charge in [-0.25, -0.2) is 0 Å². The highest BCUT2D eigenvalue weighted by Gasteiger charge is 2.36. The Hall–Kier alpha value is -0.120. The van der Waals surface area contributed by atoms with Crippen molar-refractivity contribution in [2.24, 2.45) is 11.7 Å². The Kier molecular flexibility index (Phi) is 4.77. The number of nitrogens with zero attached hydrogens (tertiary/aromatic N) is 2. The number of rotatable bonds is 4. The second kappa shape index (κ2) is 5.48. The van der Waals surface area contributed by atoms with Gasteiger partial charge in [-0.05, 0) is 39.8 Å². The van der Waals surface area contributed by atoms with Gasteiger partial charge in [-0.3, -0.25) is 9.80 Å². The van der Waals surface area contributed by atoms with Crippen molar-refractivity contribution in [2.45, 2.75) is 45.7 Å². The lowest BCUT2D eigenvalue weighted by Gasteiger charge is -2.50. The summed E-state index contributed by atoms with van der Waals surface area (Å²) in [6, 6.07) is 0.644. The maximum Gasteiger partial charge on any atom is 0.0277 e. The van der Waals surface area contributed by atoms with Gasteiger partial charge in [0.05, 0.1) is 0 Å². The van der Waals surface area contributed by atoms with Crippen molar-refractivity contribution in [1.29, 1.82) is 0 Å². The Morgan fingerprint density at radius 1 is 1.38 bits per heavy atom. The van der Waals surface area contributed by atoms with Gasteiger partial charge in [0.25, 0.3) is 0 Å². The summed E-state index contributed by atoms with van der Waals surface area (Å²) in [6.07, 6.45) is 1.12. The third-order valence-corrected chi connectivity index (χ3v) is 3.72. The topological polar surface area (TPSA) is 32.5 Å². The van der Waals surface area contributed by atoms with E-state index >= 15 is 0 Å². The van der Waals surface area contributed by atoms with Crippen LogP contribution in [0.2, 0.25) is 0 Å². The average Bonchev–Trinajstić information content (AvgIpc) is 2.12. The van der Waals surface area contributed by atoms with Crippen molar-refractivity contribution in [1.82, 2.24) is 9.80 Å². The highest BCUT2D eigenvalue weighted by molar-refractivity contribution is 4.93. The Morgan fingerprint density at radius 2 is 2.00 bits per heavy atom. The molecule has 0 aliphatic carbocycles. The Bertz CT molecular complexity index is 213. The molecular weight excluding hydrogens is 198 g/mol. The van der Waals surface area contributed by atoms with E-state index in [-0.39, 0.29) is 0 Å². The van der Waals surface area contributed by atoms with Crippen LogP contribution in [0.5, 0.6) is 0 Å². The molecule has 1 saturated heterocycles. The van der Waals surface area contributed by atoms with Crippen molar-refractivity contribution in [3.8, 4) is 0 Å². The molecule has 0 amide bonds. The maximum atomic E-state index is 5.72. The maximum absolute atomic E-state index is 5.72. The minimum Gasteiger partial charge on any atom is -0.330 e. The standard InChI is InChI=1S/C13H29N3/c1-11(2)8-16-10-13(3,4)15(5)9-12(16)6-7-14/h11-12H,6-10,14H2,1-5H3. The Morgan fingerprint density at radius 3 is 2.50 bits per heavy atom. The molecule has 0 aromatic carbocycles. The fourth-order valence-corrected chi connectivity index (χ4v) is 2.57. The highest BCUT2D eigenvalue weighted by Crippen LogP contribution is 2.24. The van der Waals surface area contributed by atoms with Crippen molar-refractivity contribution in [3.63, 3.8) is 0 Å². The van der Waals surface area contributed by atoms with E-state index in [1.807, 2.05) is 0 Å². The van der Waals surface area contributed by atoms with Crippen LogP contribution in [-0.2, 0) is 0 Å². The lowest BCUT2D eigenvalue weighted by molar-refractivity contribution is -0.00862. The van der Waals surface area contributed by atoms with Crippen LogP contribution >= 0.6 is 0 Å². The van der Waals surface area contributed by atoms with Crippen LogP contribution in [-0.4, -0.2) is 54.6 Å². The molecule has 1 rings (SSSR count). The van der Waals surface area contributed by atoms with Crippen LogP contribution in [0.1, 0.15) is 34.1 Å². The van der Waals surface area contributed by atoms with Gasteiger partial charge in [0, 0.05) is 31.2 Å². The van der Waals surface area contributed by atoms with Crippen LogP contribution in [0.15, 0.2) is 0 Å². The van der Waals surface area contributed by atoms with Crippen molar-refractivity contribution in [2.75, 3.05) is 33.2 Å². The number of piperazine rings is 1. The summed E-state index contributed by atoms with van der Waals surface area (Å²) in [5.41, 5.74) is 6.01. The molecule has 0 aromatic heterocycles. The van der Waals surface area contributed by atoms with Crippen molar-refractivity contribution < 1.29 is 0 Å². The van der Waals surface area contributed by atoms with Gasteiger partial charge in [0.15, 0.2) is 0 Å². The van der Waals surface area contributed by atoms with Gasteiger partial charge in [0.1, 0.15) is 0 Å². The van der Waals surface area contributed by atoms with Crippen LogP contribution in [0, 0.1) is 5.92 Å². The van der Waals surface area contributed by atoms with Gasteiger partial charge in [-0.1, -0.05) is 13.8 Å². The first-order chi connectivity index (χ1) is 7.36. The molecule has 16 heavy (non-hydrogen) atoms. The number of hydrogen-bond acceptors (Lipinski definition) is 3. The number of likely N-dealkylation sites (N-methyl/N-ethyl adjacent to an activating group) is 1. The molecule has 2 N–H and O–H groups in total. The second-order valence-corrected chi connectivity index (χ2v) is 6.25. The molecule has 1 fully saturated rings. The largest absolute Gasteiger partial charge is 0.330 e. The third-order valence-electron chi connectivity index (χ3n) is 3.72. The van der Waals surface area contributed by atoms with E-state index in [2.05, 4.69) is 44.5 Å². The van der Waals surface area contributed by atoms with Gasteiger partial charge < -0.3 is 5.73 Å². The van der Waals surface area contributed by atoms with E-state index in [1.165, 1.54) is 6.54 Å². The first-order valence-electron chi connectivity index (χ1n) is 6.52. The molecule has 96 valence electrons. The molecule has 0 aromatic rings. The van der Waals surface area contributed by atoms with Crippen LogP contribution in [0.4, 0.5) is 0 Å². The second-order valence-electron chi connectivity index (χ2n) is 6.25. The van der Waals surface area contributed by atoms with Crippen molar-refractivity contribution in [3.05, 3.63) is 0 Å². The molecule has 0 radical (unpaired) electrons. The minimum atomic E-state index is 0.292. The third kappa shape index (κ3) is 3.44. The quantitative estimate of drug-likeness (QED) is 0.788. The van der Waals surface area contributed by atoms with Gasteiger partial charge in [0.2, 0.25) is 0 Å². The minimum absolute atomic E-state index is 0.292. The normalized spacial score (nSPS) is 27.6. The summed E-state index contributed by atoms with van der Waals surface area (Å²) in [5.74, 6) is 0.736. The molecule has 3 heteroatoms. The van der Waals surface area contributed by atoms with Crippen LogP contribution in [0.25, 0.3) is 0 Å². The van der Waals surface area contributed by atoms with E-state index in [0.717, 1.165) is 32.0 Å². The summed E-state index contributed by atoms with van der Waals surface area (Å²) < 4.78 is 0. The molecule has 1 aliphatic heterocycles. The number of hydrogen-bond donors (Lipinski definition) is 1. The molecule has 1 aliphatic rings. The molecule has 0 bridgehead atoms. The van der Waals surface area contributed by atoms with Crippen molar-refractivity contribution >= 4 is 0 Å². The fourth-order valence-electron chi connectivity index (χ4n) is 2.57. The molecule has 1 heterocycles. The zero-order valence-electron chi connectivity index (χ0n) is 11.7. The first kappa shape index (κ1) is 13.9. The summed E-state index contributed by atoms with van der Waals surface area (Å²) in [6.45, 7) is 13.6. The van der Waals surface area contributed by atoms with Crippen LogP contribution < -0.4 is 5.73 Å². The highest BCUT2D eigenvalue weighted by atomic mass is 15.3. The summed E-state index contributed by atoms with van der Waals surface area (Å²) in [5, 5.41) is 0. The molecule has 1 unspecified atom stereocenters. The van der Waals surface area contributed by atoms with E-state index in [4.69, 9.17) is 5.73 Å². The molecule has 3 nitrogen and oxygen atoms in total. The predicted octanol–water partition coefficient (Wildman–Crippen LogP) is 1.39. The summed E-state index contributed by atoms with van der Waals surface area (Å²) in [4.78, 5) is 5.11. The predicted molar refractivity (Wildman–Crippen MR) is 70.6 cm³/mol. The fraction of sp³-hybridized carbons (Fsp3) is 1.00. The van der Waals surface area contributed by atoms with Gasteiger partial charge >= 0.3 is 0 Å². The molecule has 1 atom stereocenters. The zero-order valence-corrected chi connectivity index (χ0v) is 11.7. The monoisotopic (exact) mass is 227 g/mol. The molecule has 0 saturated carbocycles. The Balaban J connectivity index is 2.67. The summed E-state index contributed by atoms with van der Waals surface area (Å²) in [7, 11) is 2.23. The molecule has 0 spiro atoms. The van der Waals surface area contributed by atoms with E-state index in [0.29, 0.717) is 11.6 Å².